The molecule has 2 aromatic rings. The van der Waals surface area contributed by atoms with Gasteiger partial charge in [0.25, 0.3) is 0 Å². The number of rotatable bonds is 7. The molecule has 1 heterocycles. The number of imidazole rings is 1. The number of aromatic nitrogens is 2. The van der Waals surface area contributed by atoms with Gasteiger partial charge in [0.05, 0.1) is 11.0 Å². The Balaban J connectivity index is 1.53. The first-order chi connectivity index (χ1) is 11.7. The predicted molar refractivity (Wildman–Crippen MR) is 100 cm³/mol. The molecule has 1 aromatic heterocycles. The maximum atomic E-state index is 4.82. The number of para-hydroxylation sites is 2. The van der Waals surface area contributed by atoms with Gasteiger partial charge >= 0.3 is 0 Å². The normalized spacial score (nSPS) is 16.8. The minimum atomic E-state index is 0.459. The smallest absolute Gasteiger partial charge is 0.191 e. The Morgan fingerprint density at radius 3 is 2.75 bits per heavy atom. The van der Waals surface area contributed by atoms with Crippen molar-refractivity contribution in [1.82, 2.24) is 20.6 Å². The van der Waals surface area contributed by atoms with E-state index < -0.39 is 0 Å². The van der Waals surface area contributed by atoms with Gasteiger partial charge in [-0.2, -0.15) is 0 Å². The molecule has 0 radical (unpaired) electrons. The van der Waals surface area contributed by atoms with E-state index >= 15 is 0 Å². The van der Waals surface area contributed by atoms with Crippen molar-refractivity contribution >= 4 is 17.0 Å². The summed E-state index contributed by atoms with van der Waals surface area (Å²) in [6.07, 6.45) is 6.10. The van der Waals surface area contributed by atoms with Crippen molar-refractivity contribution in [3.05, 3.63) is 30.1 Å². The van der Waals surface area contributed by atoms with Gasteiger partial charge in [-0.1, -0.05) is 25.5 Å². The number of fused-ring (bicyclic) bond motifs is 1. The zero-order valence-corrected chi connectivity index (χ0v) is 14.9. The quantitative estimate of drug-likeness (QED) is 0.540. The van der Waals surface area contributed by atoms with Crippen molar-refractivity contribution in [2.24, 2.45) is 10.4 Å². The van der Waals surface area contributed by atoms with E-state index in [9.17, 15) is 0 Å². The number of nitrogens with one attached hydrogen (secondary N) is 3. The Kier molecular flexibility index (Phi) is 5.38. The molecule has 0 saturated heterocycles. The monoisotopic (exact) mass is 327 g/mol. The summed E-state index contributed by atoms with van der Waals surface area (Å²) in [7, 11) is 0. The third-order valence-corrected chi connectivity index (χ3v) is 5.17. The van der Waals surface area contributed by atoms with Gasteiger partial charge in [-0.25, -0.2) is 4.98 Å². The van der Waals surface area contributed by atoms with Crippen LogP contribution in [0.5, 0.6) is 0 Å². The van der Waals surface area contributed by atoms with Crippen molar-refractivity contribution in [2.45, 2.75) is 46.0 Å². The van der Waals surface area contributed by atoms with Crippen LogP contribution in [0.1, 0.15) is 45.4 Å². The highest BCUT2D eigenvalue weighted by molar-refractivity contribution is 5.79. The van der Waals surface area contributed by atoms with Crippen LogP contribution in [0, 0.1) is 5.41 Å². The second kappa shape index (κ2) is 7.69. The summed E-state index contributed by atoms with van der Waals surface area (Å²) >= 11 is 0. The molecule has 0 aliphatic heterocycles. The van der Waals surface area contributed by atoms with Gasteiger partial charge in [0, 0.05) is 26.1 Å². The molecule has 5 heteroatoms. The lowest BCUT2D eigenvalue weighted by Crippen LogP contribution is -2.40. The number of hydrogen-bond donors (Lipinski definition) is 3. The second-order valence-corrected chi connectivity index (χ2v) is 6.78. The zero-order chi connectivity index (χ0) is 16.8. The van der Waals surface area contributed by atoms with Crippen LogP contribution in [0.15, 0.2) is 29.3 Å². The standard InChI is InChI=1S/C19H29N5/c1-3-19(11-7-12-19)14-22-18(20-4-2)21-13-10-17-23-15-8-5-6-9-16(15)24-17/h5-6,8-9H,3-4,7,10-14H2,1-2H3,(H,23,24)(H2,20,21,22). The van der Waals surface area contributed by atoms with Gasteiger partial charge in [0.2, 0.25) is 0 Å². The number of aromatic amines is 1. The number of nitrogens with zero attached hydrogens (tertiary/aromatic N) is 2. The van der Waals surface area contributed by atoms with Crippen LogP contribution in [0.3, 0.4) is 0 Å². The summed E-state index contributed by atoms with van der Waals surface area (Å²) in [6.45, 7) is 7.04. The molecular formula is C19H29N5. The van der Waals surface area contributed by atoms with Crippen molar-refractivity contribution in [3.8, 4) is 0 Å². The average molecular weight is 327 g/mol. The van der Waals surface area contributed by atoms with E-state index in [-0.39, 0.29) is 0 Å². The predicted octanol–water partition coefficient (Wildman–Crippen LogP) is 3.24. The van der Waals surface area contributed by atoms with Crippen LogP contribution in [-0.4, -0.2) is 35.6 Å². The van der Waals surface area contributed by atoms with Crippen molar-refractivity contribution in [1.29, 1.82) is 0 Å². The first-order valence-electron chi connectivity index (χ1n) is 9.20. The molecule has 3 N–H and O–H groups in total. The molecule has 5 nitrogen and oxygen atoms in total. The molecule has 0 amide bonds. The van der Waals surface area contributed by atoms with Gasteiger partial charge in [0.15, 0.2) is 5.96 Å². The summed E-state index contributed by atoms with van der Waals surface area (Å²) in [5, 5.41) is 6.79. The minimum absolute atomic E-state index is 0.459. The van der Waals surface area contributed by atoms with Gasteiger partial charge in [0.1, 0.15) is 5.82 Å². The van der Waals surface area contributed by atoms with Gasteiger partial charge in [-0.05, 0) is 43.7 Å². The molecule has 130 valence electrons. The van der Waals surface area contributed by atoms with Crippen LogP contribution < -0.4 is 10.6 Å². The Hall–Kier alpha value is -2.04. The molecule has 3 rings (SSSR count). The number of aliphatic imine (C=N–C) groups is 1. The van der Waals surface area contributed by atoms with E-state index in [1.54, 1.807) is 0 Å². The summed E-state index contributed by atoms with van der Waals surface area (Å²) in [6, 6.07) is 8.15. The highest BCUT2D eigenvalue weighted by Gasteiger charge is 2.34. The van der Waals surface area contributed by atoms with E-state index in [2.05, 4.69) is 40.5 Å². The van der Waals surface area contributed by atoms with Gasteiger partial charge in [-0.15, -0.1) is 0 Å². The van der Waals surface area contributed by atoms with Crippen LogP contribution >= 0.6 is 0 Å². The van der Waals surface area contributed by atoms with E-state index in [4.69, 9.17) is 4.99 Å². The van der Waals surface area contributed by atoms with E-state index in [1.165, 1.54) is 25.7 Å². The minimum Gasteiger partial charge on any atom is -0.357 e. The van der Waals surface area contributed by atoms with Gasteiger partial charge < -0.3 is 15.6 Å². The number of guanidine groups is 1. The fourth-order valence-corrected chi connectivity index (χ4v) is 3.31. The zero-order valence-electron chi connectivity index (χ0n) is 14.9. The highest BCUT2D eigenvalue weighted by Crippen LogP contribution is 2.43. The topological polar surface area (TPSA) is 65.1 Å². The average Bonchev–Trinajstić information content (AvgIpc) is 2.97. The maximum absolute atomic E-state index is 4.82. The molecule has 1 aromatic carbocycles. The second-order valence-electron chi connectivity index (χ2n) is 6.78. The first-order valence-corrected chi connectivity index (χ1v) is 9.20. The fraction of sp³-hybridized carbons (Fsp3) is 0.579. The van der Waals surface area contributed by atoms with Crippen LogP contribution in [-0.2, 0) is 6.42 Å². The Morgan fingerprint density at radius 2 is 2.08 bits per heavy atom. The lowest BCUT2D eigenvalue weighted by atomic mass is 9.67. The molecule has 0 unspecified atom stereocenters. The number of H-pyrrole nitrogens is 1. The third kappa shape index (κ3) is 3.89. The molecule has 1 fully saturated rings. The lowest BCUT2D eigenvalue weighted by molar-refractivity contribution is 0.139. The van der Waals surface area contributed by atoms with Crippen LogP contribution in [0.2, 0.25) is 0 Å². The molecule has 1 aliphatic carbocycles. The van der Waals surface area contributed by atoms with E-state index in [1.807, 2.05) is 18.2 Å². The summed E-state index contributed by atoms with van der Waals surface area (Å²) < 4.78 is 0. The van der Waals surface area contributed by atoms with Crippen molar-refractivity contribution in [2.75, 3.05) is 19.6 Å². The molecule has 0 spiro atoms. The third-order valence-electron chi connectivity index (χ3n) is 5.17. The lowest BCUT2D eigenvalue weighted by Gasteiger charge is -2.40. The molecule has 1 aliphatic rings. The van der Waals surface area contributed by atoms with Gasteiger partial charge in [-0.3, -0.25) is 4.99 Å². The summed E-state index contributed by atoms with van der Waals surface area (Å²) in [4.78, 5) is 12.8. The molecule has 0 bridgehead atoms. The van der Waals surface area contributed by atoms with Crippen molar-refractivity contribution < 1.29 is 0 Å². The molecule has 0 atom stereocenters. The SMILES string of the molecule is CCNC(=NCC1(CC)CCC1)NCCc1nc2ccccc2[nH]1. The van der Waals surface area contributed by atoms with Crippen molar-refractivity contribution in [3.63, 3.8) is 0 Å². The molecule has 24 heavy (non-hydrogen) atoms. The Labute approximate surface area is 144 Å². The van der Waals surface area contributed by atoms with Crippen LogP contribution in [0.4, 0.5) is 0 Å². The van der Waals surface area contributed by atoms with Crippen LogP contribution in [0.25, 0.3) is 11.0 Å². The maximum Gasteiger partial charge on any atom is 0.191 e. The Bertz CT molecular complexity index is 645. The fourth-order valence-electron chi connectivity index (χ4n) is 3.31. The Morgan fingerprint density at radius 1 is 1.25 bits per heavy atom. The first kappa shape index (κ1) is 16.8. The molecular weight excluding hydrogens is 298 g/mol. The number of hydrogen-bond acceptors (Lipinski definition) is 2. The molecule has 1 saturated carbocycles. The number of benzene rings is 1. The summed E-state index contributed by atoms with van der Waals surface area (Å²) in [5.74, 6) is 1.94. The van der Waals surface area contributed by atoms with E-state index in [0.717, 1.165) is 48.9 Å². The largest absolute Gasteiger partial charge is 0.357 e. The van der Waals surface area contributed by atoms with E-state index in [0.29, 0.717) is 5.41 Å². The summed E-state index contributed by atoms with van der Waals surface area (Å²) in [5.41, 5.74) is 2.59. The highest BCUT2D eigenvalue weighted by atomic mass is 15.2.